The van der Waals surface area contributed by atoms with Gasteiger partial charge in [0.05, 0.1) is 5.56 Å². The Morgan fingerprint density at radius 2 is 1.89 bits per heavy atom. The van der Waals surface area contributed by atoms with Gasteiger partial charge in [0, 0.05) is 12.0 Å². The molecule has 0 aromatic heterocycles. The second kappa shape index (κ2) is 4.53. The van der Waals surface area contributed by atoms with Crippen LogP contribution in [-0.4, -0.2) is 6.04 Å². The second-order valence-electron chi connectivity index (χ2n) is 5.10. The van der Waals surface area contributed by atoms with Gasteiger partial charge in [0.1, 0.15) is 0 Å². The molecular formula is C13H15F4N. The van der Waals surface area contributed by atoms with Crippen molar-refractivity contribution in [2.45, 2.75) is 44.3 Å². The largest absolute Gasteiger partial charge is 0.416 e. The van der Waals surface area contributed by atoms with Crippen LogP contribution in [-0.2, 0) is 6.18 Å². The highest BCUT2D eigenvalue weighted by Gasteiger charge is 2.40. The molecule has 0 amide bonds. The van der Waals surface area contributed by atoms with Gasteiger partial charge in [0.2, 0.25) is 0 Å². The third kappa shape index (κ3) is 2.66. The van der Waals surface area contributed by atoms with Crippen LogP contribution in [0.1, 0.15) is 48.8 Å². The first-order chi connectivity index (χ1) is 8.32. The molecule has 1 aliphatic carbocycles. The summed E-state index contributed by atoms with van der Waals surface area (Å²) in [6.07, 6.45) is -3.80. The molecule has 0 saturated heterocycles. The molecule has 1 aliphatic rings. The maximum atomic E-state index is 12.8. The van der Waals surface area contributed by atoms with Crippen molar-refractivity contribution in [1.29, 1.82) is 0 Å². The van der Waals surface area contributed by atoms with Crippen molar-refractivity contribution in [2.24, 2.45) is 0 Å². The summed E-state index contributed by atoms with van der Waals surface area (Å²) < 4.78 is 50.6. The van der Waals surface area contributed by atoms with Crippen LogP contribution in [0.4, 0.5) is 17.7 Å². The van der Waals surface area contributed by atoms with Crippen LogP contribution >= 0.6 is 0 Å². The standard InChI is InChI=1S/C13H15F4N/c1-7(2)8-3-9(11-6-12(11)18-17)5-10(4-8)13(14,15)16/h3-5,7,11-12,18H,6H2,1-2H3. The van der Waals surface area contributed by atoms with Crippen LogP contribution in [0.3, 0.4) is 0 Å². The van der Waals surface area contributed by atoms with E-state index in [1.807, 2.05) is 13.8 Å². The fraction of sp³-hybridized carbons (Fsp3) is 0.538. The minimum absolute atomic E-state index is 0.0154. The van der Waals surface area contributed by atoms with Crippen molar-refractivity contribution < 1.29 is 17.7 Å². The lowest BCUT2D eigenvalue weighted by Gasteiger charge is -2.14. The number of nitrogens with one attached hydrogen (secondary N) is 1. The summed E-state index contributed by atoms with van der Waals surface area (Å²) in [5, 5.41) is 0. The van der Waals surface area contributed by atoms with Gasteiger partial charge in [-0.25, -0.2) is 0 Å². The predicted octanol–water partition coefficient (Wildman–Crippen LogP) is 4.16. The summed E-state index contributed by atoms with van der Waals surface area (Å²) in [6, 6.07) is 3.72. The average molecular weight is 261 g/mol. The number of rotatable bonds is 3. The number of hydrogen-bond acceptors (Lipinski definition) is 1. The minimum Gasteiger partial charge on any atom is -0.166 e. The van der Waals surface area contributed by atoms with E-state index in [1.54, 1.807) is 11.6 Å². The van der Waals surface area contributed by atoms with Gasteiger partial charge in [-0.1, -0.05) is 19.9 Å². The predicted molar refractivity (Wildman–Crippen MR) is 60.9 cm³/mol. The Bertz CT molecular complexity index is 439. The van der Waals surface area contributed by atoms with E-state index >= 15 is 0 Å². The minimum atomic E-state index is -4.35. The molecule has 18 heavy (non-hydrogen) atoms. The Morgan fingerprint density at radius 1 is 1.22 bits per heavy atom. The second-order valence-corrected chi connectivity index (χ2v) is 5.10. The van der Waals surface area contributed by atoms with Gasteiger partial charge in [-0.15, -0.1) is 4.48 Å². The van der Waals surface area contributed by atoms with E-state index in [9.17, 15) is 17.7 Å². The molecule has 0 radical (unpaired) electrons. The highest BCUT2D eigenvalue weighted by molar-refractivity contribution is 5.38. The van der Waals surface area contributed by atoms with Gasteiger partial charge in [-0.2, -0.15) is 18.7 Å². The Kier molecular flexibility index (Phi) is 3.36. The molecule has 2 atom stereocenters. The summed E-state index contributed by atoms with van der Waals surface area (Å²) in [6.45, 7) is 3.69. The van der Waals surface area contributed by atoms with E-state index < -0.39 is 11.7 Å². The highest BCUT2D eigenvalue weighted by Crippen LogP contribution is 2.43. The maximum absolute atomic E-state index is 12.8. The number of benzene rings is 1. The molecule has 1 aromatic rings. The van der Waals surface area contributed by atoms with Crippen molar-refractivity contribution in [3.63, 3.8) is 0 Å². The van der Waals surface area contributed by atoms with E-state index in [-0.39, 0.29) is 17.9 Å². The molecule has 1 fully saturated rings. The Labute approximate surface area is 103 Å². The topological polar surface area (TPSA) is 12.0 Å². The number of alkyl halides is 3. The van der Waals surface area contributed by atoms with Crippen LogP contribution < -0.4 is 5.54 Å². The molecule has 0 aliphatic heterocycles. The third-order valence-electron chi connectivity index (χ3n) is 3.33. The Hall–Kier alpha value is -1.10. The van der Waals surface area contributed by atoms with Crippen molar-refractivity contribution in [3.8, 4) is 0 Å². The first-order valence-electron chi connectivity index (χ1n) is 5.91. The number of halogens is 4. The van der Waals surface area contributed by atoms with Gasteiger partial charge in [0.25, 0.3) is 0 Å². The van der Waals surface area contributed by atoms with Crippen molar-refractivity contribution >= 4 is 0 Å². The van der Waals surface area contributed by atoms with Gasteiger partial charge < -0.3 is 0 Å². The summed E-state index contributed by atoms with van der Waals surface area (Å²) in [7, 11) is 0. The van der Waals surface area contributed by atoms with Gasteiger partial charge in [0.15, 0.2) is 0 Å². The van der Waals surface area contributed by atoms with Crippen molar-refractivity contribution in [1.82, 2.24) is 5.54 Å². The first-order valence-corrected chi connectivity index (χ1v) is 5.91. The molecule has 1 nitrogen and oxygen atoms in total. The monoisotopic (exact) mass is 261 g/mol. The Morgan fingerprint density at radius 3 is 2.33 bits per heavy atom. The van der Waals surface area contributed by atoms with Crippen LogP contribution in [0.15, 0.2) is 18.2 Å². The molecule has 2 unspecified atom stereocenters. The fourth-order valence-electron chi connectivity index (χ4n) is 2.07. The van der Waals surface area contributed by atoms with Crippen molar-refractivity contribution in [3.05, 3.63) is 34.9 Å². The molecule has 0 bridgehead atoms. The summed E-state index contributed by atoms with van der Waals surface area (Å²) in [5.74, 6) is -0.128. The lowest BCUT2D eigenvalue weighted by Crippen LogP contribution is -2.09. The summed E-state index contributed by atoms with van der Waals surface area (Å²) >= 11 is 0. The van der Waals surface area contributed by atoms with Crippen LogP contribution in [0, 0.1) is 0 Å². The molecule has 2 rings (SSSR count). The quantitative estimate of drug-likeness (QED) is 0.636. The first kappa shape index (κ1) is 13.3. The fourth-order valence-corrected chi connectivity index (χ4v) is 2.07. The summed E-state index contributed by atoms with van der Waals surface area (Å²) in [5.41, 5.74) is 2.18. The zero-order valence-electron chi connectivity index (χ0n) is 10.2. The van der Waals surface area contributed by atoms with Crippen LogP contribution in [0.2, 0.25) is 0 Å². The van der Waals surface area contributed by atoms with Gasteiger partial charge in [-0.05, 0) is 35.6 Å². The highest BCUT2D eigenvalue weighted by atomic mass is 19.4. The van der Waals surface area contributed by atoms with Crippen LogP contribution in [0.5, 0.6) is 0 Å². The molecule has 1 saturated carbocycles. The molecule has 1 aromatic carbocycles. The van der Waals surface area contributed by atoms with E-state index in [4.69, 9.17) is 0 Å². The normalized spacial score (nSPS) is 23.5. The van der Waals surface area contributed by atoms with Crippen molar-refractivity contribution in [2.75, 3.05) is 0 Å². The van der Waals surface area contributed by atoms with E-state index in [1.165, 1.54) is 6.07 Å². The maximum Gasteiger partial charge on any atom is 0.416 e. The lowest BCUT2D eigenvalue weighted by molar-refractivity contribution is -0.137. The SMILES string of the molecule is CC(C)c1cc(C2CC2NF)cc(C(F)(F)F)c1. The smallest absolute Gasteiger partial charge is 0.166 e. The molecular weight excluding hydrogens is 246 g/mol. The van der Waals surface area contributed by atoms with Gasteiger partial charge >= 0.3 is 6.18 Å². The molecule has 1 N–H and O–H groups in total. The van der Waals surface area contributed by atoms with Gasteiger partial charge in [-0.3, -0.25) is 0 Å². The molecule has 0 heterocycles. The lowest BCUT2D eigenvalue weighted by atomic mass is 9.95. The zero-order valence-corrected chi connectivity index (χ0v) is 10.2. The molecule has 5 heteroatoms. The average Bonchev–Trinajstić information content (AvgIpc) is 3.06. The third-order valence-corrected chi connectivity index (χ3v) is 3.33. The number of hydrogen-bond donors (Lipinski definition) is 1. The van der Waals surface area contributed by atoms with Crippen LogP contribution in [0.25, 0.3) is 0 Å². The molecule has 100 valence electrons. The summed E-state index contributed by atoms with van der Waals surface area (Å²) in [4.78, 5) is 0. The van der Waals surface area contributed by atoms with E-state index in [0.717, 1.165) is 6.07 Å². The van der Waals surface area contributed by atoms with E-state index in [0.29, 0.717) is 17.5 Å². The zero-order chi connectivity index (χ0) is 13.5. The van der Waals surface area contributed by atoms with E-state index in [2.05, 4.69) is 0 Å². The molecule has 0 spiro atoms. The Balaban J connectivity index is 2.38.